The van der Waals surface area contributed by atoms with Crippen LogP contribution in [0.15, 0.2) is 22.4 Å². The van der Waals surface area contributed by atoms with Gasteiger partial charge >= 0.3 is 37.4 Å². The Morgan fingerprint density at radius 1 is 1.30 bits per heavy atom. The third-order valence-corrected chi connectivity index (χ3v) is 4.83. The molecular formula is C13H24N4NaO6PS2. The number of hydrogen-bond acceptors (Lipinski definition) is 7. The van der Waals surface area contributed by atoms with Gasteiger partial charge in [0.15, 0.2) is 10.3 Å². The molecule has 0 aromatic rings. The summed E-state index contributed by atoms with van der Waals surface area (Å²) in [5, 5.41) is 9.19. The van der Waals surface area contributed by atoms with Crippen LogP contribution in [0.4, 0.5) is 0 Å². The van der Waals surface area contributed by atoms with Crippen LogP contribution < -0.4 is 0 Å². The van der Waals surface area contributed by atoms with Gasteiger partial charge in [0.1, 0.15) is 0 Å². The molecule has 10 nitrogen and oxygen atoms in total. The molecule has 2 fully saturated rings. The topological polar surface area (TPSA) is 143 Å². The van der Waals surface area contributed by atoms with Crippen LogP contribution in [0.3, 0.4) is 0 Å². The Morgan fingerprint density at radius 3 is 2.19 bits per heavy atom. The summed E-state index contributed by atoms with van der Waals surface area (Å²) in [6.45, 7) is 7.97. The number of nitrogens with zero attached hydrogens (tertiary/aromatic N) is 4. The molecule has 0 aromatic carbocycles. The van der Waals surface area contributed by atoms with Crippen molar-refractivity contribution >= 4 is 83.1 Å². The van der Waals surface area contributed by atoms with Crippen LogP contribution in [-0.2, 0) is 14.2 Å². The monoisotopic (exact) mass is 450 g/mol. The summed E-state index contributed by atoms with van der Waals surface area (Å²) in [6.07, 6.45) is 0. The third kappa shape index (κ3) is 10.2. The van der Waals surface area contributed by atoms with Crippen molar-refractivity contribution in [2.75, 3.05) is 19.3 Å². The first-order valence-electron chi connectivity index (χ1n) is 6.86. The number of amidine groups is 2. The van der Waals surface area contributed by atoms with Crippen molar-refractivity contribution in [2.24, 2.45) is 10.2 Å². The Bertz CT molecular complexity index is 675. The number of amides is 2. The van der Waals surface area contributed by atoms with Crippen LogP contribution in [0.25, 0.3) is 0 Å². The molecule has 0 aromatic heterocycles. The van der Waals surface area contributed by atoms with Crippen molar-refractivity contribution in [1.29, 1.82) is 0 Å². The SMILES string of the molecule is C.C=C(C)CN1C(=O)C(C)SC1=NN=C1SCC(=O)N1C.O=P(O)(O)O.[NaH]. The molecule has 3 N–H and O–H groups in total. The van der Waals surface area contributed by atoms with Gasteiger partial charge in [0.25, 0.3) is 0 Å². The first kappa shape index (κ1) is 29.0. The first-order chi connectivity index (χ1) is 11.4. The zero-order chi connectivity index (χ0) is 19.4. The molecule has 2 heterocycles. The number of thioether (sulfide) groups is 2. The van der Waals surface area contributed by atoms with Crippen molar-refractivity contribution in [2.45, 2.75) is 26.5 Å². The molecule has 2 amide bonds. The van der Waals surface area contributed by atoms with Crippen LogP contribution in [0.2, 0.25) is 0 Å². The molecule has 1 atom stereocenters. The first-order valence-corrected chi connectivity index (χ1v) is 10.3. The summed E-state index contributed by atoms with van der Waals surface area (Å²) >= 11 is 2.72. The van der Waals surface area contributed by atoms with E-state index in [9.17, 15) is 9.59 Å². The van der Waals surface area contributed by atoms with E-state index in [2.05, 4.69) is 16.8 Å². The van der Waals surface area contributed by atoms with E-state index in [1.165, 1.54) is 28.4 Å². The fourth-order valence-corrected chi connectivity index (χ4v) is 3.44. The number of carbonyl (C=O) groups is 2. The van der Waals surface area contributed by atoms with Gasteiger partial charge in [-0.1, -0.05) is 43.1 Å². The Morgan fingerprint density at radius 2 is 1.78 bits per heavy atom. The van der Waals surface area contributed by atoms with Crippen LogP contribution in [0, 0.1) is 0 Å². The van der Waals surface area contributed by atoms with E-state index in [-0.39, 0.29) is 54.0 Å². The maximum absolute atomic E-state index is 12.0. The standard InChI is InChI=1S/C12H16N4O2S2.CH4.Na.H3O4P.H/c1-7(2)5-16-10(18)8(3)20-12(16)14-13-11-15(4)9(17)6-19-11;;;1-5(2,3)4;/h8H,1,5-6H2,2-4H3;1H4;;(H3,1,2,3,4);. The molecule has 0 spiro atoms. The number of rotatable bonds is 3. The van der Waals surface area contributed by atoms with E-state index >= 15 is 0 Å². The van der Waals surface area contributed by atoms with Crippen molar-refractivity contribution in [1.82, 2.24) is 9.80 Å². The van der Waals surface area contributed by atoms with Crippen molar-refractivity contribution in [3.05, 3.63) is 12.2 Å². The normalized spacial score (nSPS) is 22.4. The second-order valence-corrected chi connectivity index (χ2v) is 8.44. The number of carbonyl (C=O) groups excluding carboxylic acids is 2. The van der Waals surface area contributed by atoms with Gasteiger partial charge in [-0.2, -0.15) is 0 Å². The van der Waals surface area contributed by atoms with Crippen molar-refractivity contribution < 1.29 is 28.8 Å². The maximum atomic E-state index is 12.0. The summed E-state index contributed by atoms with van der Waals surface area (Å²) in [5.74, 6) is 0.412. The predicted octanol–water partition coefficient (Wildman–Crippen LogP) is 0.418. The molecular weight excluding hydrogens is 426 g/mol. The van der Waals surface area contributed by atoms with Crippen molar-refractivity contribution in [3.8, 4) is 0 Å². The van der Waals surface area contributed by atoms with E-state index in [4.69, 9.17) is 19.2 Å². The summed E-state index contributed by atoms with van der Waals surface area (Å²) in [7, 11) is -2.97. The van der Waals surface area contributed by atoms with Gasteiger partial charge in [-0.25, -0.2) is 4.57 Å². The van der Waals surface area contributed by atoms with E-state index in [0.29, 0.717) is 22.6 Å². The Labute approximate surface area is 189 Å². The van der Waals surface area contributed by atoms with Gasteiger partial charge < -0.3 is 14.7 Å². The average molecular weight is 450 g/mol. The van der Waals surface area contributed by atoms with Gasteiger partial charge in [-0.05, 0) is 13.8 Å². The molecule has 150 valence electrons. The molecule has 14 heteroatoms. The molecule has 2 aliphatic heterocycles. The van der Waals surface area contributed by atoms with E-state index < -0.39 is 7.82 Å². The Balaban J connectivity index is 0. The van der Waals surface area contributed by atoms with Crippen LogP contribution in [0.1, 0.15) is 21.3 Å². The molecule has 2 saturated heterocycles. The molecule has 0 saturated carbocycles. The van der Waals surface area contributed by atoms with Gasteiger partial charge in [0.2, 0.25) is 11.8 Å². The van der Waals surface area contributed by atoms with Crippen molar-refractivity contribution in [3.63, 3.8) is 0 Å². The van der Waals surface area contributed by atoms with E-state index in [0.717, 1.165) is 5.57 Å². The summed E-state index contributed by atoms with van der Waals surface area (Å²) in [5.41, 5.74) is 0.885. The zero-order valence-electron chi connectivity index (χ0n) is 13.8. The van der Waals surface area contributed by atoms with E-state index in [1.54, 1.807) is 11.9 Å². The quantitative estimate of drug-likeness (QED) is 0.243. The third-order valence-electron chi connectivity index (χ3n) is 2.76. The molecule has 1 unspecified atom stereocenters. The number of phosphoric acid groups is 1. The van der Waals surface area contributed by atoms with Crippen LogP contribution in [0.5, 0.6) is 0 Å². The summed E-state index contributed by atoms with van der Waals surface area (Å²) < 4.78 is 8.88. The Kier molecular flexibility index (Phi) is 13.3. The average Bonchev–Trinajstić information content (AvgIpc) is 2.90. The van der Waals surface area contributed by atoms with Gasteiger partial charge in [0.05, 0.1) is 11.0 Å². The molecule has 0 radical (unpaired) electrons. The summed E-state index contributed by atoms with van der Waals surface area (Å²) in [4.78, 5) is 48.0. The number of hydrogen-bond donors (Lipinski definition) is 3. The predicted molar refractivity (Wildman–Crippen MR) is 112 cm³/mol. The Hall–Kier alpha value is -0.170. The van der Waals surface area contributed by atoms with Gasteiger partial charge in [-0.15, -0.1) is 10.2 Å². The fraction of sp³-hybridized carbons (Fsp3) is 0.538. The molecule has 0 bridgehead atoms. The van der Waals surface area contributed by atoms with Crippen LogP contribution in [-0.4, -0.2) is 101 Å². The van der Waals surface area contributed by atoms with Gasteiger partial charge in [-0.3, -0.25) is 19.4 Å². The molecule has 2 aliphatic rings. The van der Waals surface area contributed by atoms with Gasteiger partial charge in [0, 0.05) is 13.6 Å². The minimum atomic E-state index is -4.64. The van der Waals surface area contributed by atoms with Crippen LogP contribution >= 0.6 is 31.3 Å². The minimum absolute atomic E-state index is 0. The summed E-state index contributed by atoms with van der Waals surface area (Å²) in [6, 6.07) is 0. The fourth-order valence-electron chi connectivity index (χ4n) is 1.69. The van der Waals surface area contributed by atoms with E-state index in [1.807, 2.05) is 13.8 Å². The molecule has 2 rings (SSSR count). The second kappa shape index (κ2) is 12.4. The molecule has 27 heavy (non-hydrogen) atoms. The molecule has 0 aliphatic carbocycles. The second-order valence-electron chi connectivity index (χ2n) is 5.16. The zero-order valence-corrected chi connectivity index (χ0v) is 16.3.